The molecule has 5 atom stereocenters. The van der Waals surface area contributed by atoms with Crippen molar-refractivity contribution in [1.82, 2.24) is 0 Å². The molecular weight excluding hydrogens is 444 g/mol. The minimum atomic E-state index is -1.84. The van der Waals surface area contributed by atoms with E-state index in [4.69, 9.17) is 15.3 Å². The Morgan fingerprint density at radius 2 is 1.73 bits per heavy atom. The molecule has 1 unspecified atom stereocenters. The zero-order valence-electron chi connectivity index (χ0n) is 17.7. The number of rotatable bonds is 5. The molecule has 2 heterocycles. The third-order valence-corrected chi connectivity index (χ3v) is 5.23. The Bertz CT molecular complexity index is 1230. The standard InChI is InChI=1S/C21H20O12/c22-6-13-15(27)17(29)18(30)21(32-13)33-20-16(28)14-11(26)4-8(23)5-12(14)31-19(20)7-1-2-9(24)10(25)3-7/h1-5,13,15,17-18,21-22,24-30H,6H2/t13-,15-,17+,18-,21?/m1/s1/i/hD. The molecule has 33 heavy (non-hydrogen) atoms. The van der Waals surface area contributed by atoms with Gasteiger partial charge in [-0.1, -0.05) is 0 Å². The van der Waals surface area contributed by atoms with Crippen LogP contribution in [0.2, 0.25) is 0 Å². The topological polar surface area (TPSA) is 211 Å². The van der Waals surface area contributed by atoms with Crippen LogP contribution in [0.1, 0.15) is 0 Å². The Hall–Kier alpha value is -3.55. The van der Waals surface area contributed by atoms with E-state index in [0.717, 1.165) is 24.3 Å². The highest BCUT2D eigenvalue weighted by Gasteiger charge is 2.45. The maximum Gasteiger partial charge on any atom is 0.293 e. The van der Waals surface area contributed by atoms with Crippen molar-refractivity contribution in [3.05, 3.63) is 40.6 Å². The lowest BCUT2D eigenvalue weighted by Gasteiger charge is -2.39. The lowest BCUT2D eigenvalue weighted by Crippen LogP contribution is -2.60. The van der Waals surface area contributed by atoms with Crippen LogP contribution >= 0.6 is 0 Å². The molecule has 2 aliphatic heterocycles. The van der Waals surface area contributed by atoms with E-state index < -0.39 is 71.5 Å². The number of phenols is 3. The first kappa shape index (κ1) is 21.3. The van der Waals surface area contributed by atoms with Crippen molar-refractivity contribution in [3.8, 4) is 51.4 Å². The number of ether oxygens (including phenoxy) is 2. The quantitative estimate of drug-likeness (QED) is 0.222. The maximum absolute atomic E-state index is 11.9. The summed E-state index contributed by atoms with van der Waals surface area (Å²) in [6, 6.07) is 5.30. The lowest BCUT2D eigenvalue weighted by molar-refractivity contribution is -0.277. The van der Waals surface area contributed by atoms with E-state index in [2.05, 4.69) is 5.11 Å². The van der Waals surface area contributed by atoms with Gasteiger partial charge in [0.25, 0.3) is 1.43 Å². The number of hydrogen-bond donors (Lipinski definition) is 8. The minimum Gasteiger partial charge on any atom is -0.507 e. The molecule has 1 aromatic carbocycles. The van der Waals surface area contributed by atoms with Crippen molar-refractivity contribution >= 4 is 0 Å². The normalized spacial score (nSPS) is 25.6. The second kappa shape index (κ2) is 8.42. The Morgan fingerprint density at radius 1 is 0.970 bits per heavy atom. The number of aliphatic hydroxyl groups is 4. The lowest BCUT2D eigenvalue weighted by atomic mass is 9.99. The fraction of sp³-hybridized carbons (Fsp3) is 0.286. The van der Waals surface area contributed by atoms with E-state index in [1.165, 1.54) is 6.07 Å². The summed E-state index contributed by atoms with van der Waals surface area (Å²) in [5.41, 5.74) is -0.835. The molecule has 3 aliphatic rings. The van der Waals surface area contributed by atoms with Crippen LogP contribution in [0.5, 0.6) is 28.7 Å². The highest BCUT2D eigenvalue weighted by Crippen LogP contribution is 2.50. The molecule has 1 aromatic rings. The second-order valence-corrected chi connectivity index (χ2v) is 7.42. The van der Waals surface area contributed by atoms with Crippen LogP contribution in [0.4, 0.5) is 0 Å². The van der Waals surface area contributed by atoms with Crippen molar-refractivity contribution in [2.24, 2.45) is 0 Å². The number of phenolic OH excluding ortho intramolecular Hbond substituents is 3. The molecule has 0 aromatic heterocycles. The predicted octanol–water partition coefficient (Wildman–Crippen LogP) is -0.587. The third kappa shape index (κ3) is 3.90. The molecule has 0 spiro atoms. The van der Waals surface area contributed by atoms with Gasteiger partial charge in [0.1, 0.15) is 41.5 Å². The average molecular weight is 465 g/mol. The van der Waals surface area contributed by atoms with Gasteiger partial charge in [0.15, 0.2) is 28.4 Å². The molecular formula is C21H20O12. The fourth-order valence-electron chi connectivity index (χ4n) is 3.50. The number of hydrogen-bond acceptors (Lipinski definition) is 12. The first-order valence-corrected chi connectivity index (χ1v) is 9.62. The summed E-state index contributed by atoms with van der Waals surface area (Å²) in [6.45, 7) is -0.736. The Morgan fingerprint density at radius 3 is 2.39 bits per heavy atom. The van der Waals surface area contributed by atoms with Gasteiger partial charge < -0.3 is 54.7 Å². The van der Waals surface area contributed by atoms with E-state index in [1.54, 1.807) is 0 Å². The summed E-state index contributed by atoms with van der Waals surface area (Å²) in [7, 11) is 0. The molecule has 0 saturated carbocycles. The largest absolute Gasteiger partial charge is 0.507 e. The Labute approximate surface area is 186 Å². The molecule has 0 radical (unpaired) electrons. The highest BCUT2D eigenvalue weighted by molar-refractivity contribution is 5.82. The van der Waals surface area contributed by atoms with Crippen LogP contribution in [0.3, 0.4) is 0 Å². The predicted molar refractivity (Wildman–Crippen MR) is 108 cm³/mol. The van der Waals surface area contributed by atoms with E-state index in [1.807, 2.05) is 0 Å². The summed E-state index contributed by atoms with van der Waals surface area (Å²) < 4.78 is 24.3. The van der Waals surface area contributed by atoms with Crippen LogP contribution in [-0.4, -0.2) is 79.6 Å². The smallest absolute Gasteiger partial charge is 0.293 e. The number of aliphatic hydroxyl groups excluding tert-OH is 4. The molecule has 0 amide bonds. The number of aromatic hydroxyl groups is 4. The van der Waals surface area contributed by atoms with Crippen molar-refractivity contribution < 1.29 is 54.7 Å². The van der Waals surface area contributed by atoms with E-state index >= 15 is 0 Å². The Balaban J connectivity index is 1.94. The third-order valence-electron chi connectivity index (χ3n) is 5.23. The zero-order valence-corrected chi connectivity index (χ0v) is 16.7. The summed E-state index contributed by atoms with van der Waals surface area (Å²) >= 11 is 0. The van der Waals surface area contributed by atoms with E-state index in [-0.39, 0.29) is 22.6 Å². The van der Waals surface area contributed by atoms with Crippen molar-refractivity contribution in [3.63, 3.8) is 0 Å². The number of fused-ring (bicyclic) bond motifs is 1. The van der Waals surface area contributed by atoms with Crippen LogP contribution in [-0.2, 0) is 4.74 Å². The second-order valence-electron chi connectivity index (χ2n) is 7.42. The molecule has 1 saturated heterocycles. The first-order valence-electron chi connectivity index (χ1n) is 10.0. The van der Waals surface area contributed by atoms with Crippen molar-refractivity contribution in [2.45, 2.75) is 30.7 Å². The van der Waals surface area contributed by atoms with Gasteiger partial charge in [0, 0.05) is 17.7 Å². The van der Waals surface area contributed by atoms with Crippen molar-refractivity contribution in [1.29, 1.82) is 1.43 Å². The average Bonchev–Trinajstić information content (AvgIpc) is 2.80. The van der Waals surface area contributed by atoms with Gasteiger partial charge in [0.2, 0.25) is 12.0 Å². The van der Waals surface area contributed by atoms with E-state index in [9.17, 15) is 40.5 Å². The summed E-state index contributed by atoms with van der Waals surface area (Å²) in [4.78, 5) is 11.9. The van der Waals surface area contributed by atoms with Crippen molar-refractivity contribution in [2.75, 3.05) is 6.61 Å². The zero-order chi connectivity index (χ0) is 24.7. The molecule has 1 fully saturated rings. The SMILES string of the molecule is [2H]Oc1c(OC2O[C@H](CO)[C@@H](O)[C@H](O)[C@H]2O)c(-c2ccc(O)c(O)c2)oc2cc(=O)cc(O)c1-2. The minimum absolute atomic E-state index is 0.0471. The van der Waals surface area contributed by atoms with Crippen LogP contribution in [0, 0.1) is 0 Å². The molecule has 0 bridgehead atoms. The monoisotopic (exact) mass is 465 g/mol. The van der Waals surface area contributed by atoms with Gasteiger partial charge in [-0.25, -0.2) is 0 Å². The molecule has 4 rings (SSSR count). The van der Waals surface area contributed by atoms with Gasteiger partial charge in [0.05, 0.1) is 6.61 Å². The molecule has 12 heteroatoms. The van der Waals surface area contributed by atoms with Crippen LogP contribution in [0.15, 0.2) is 39.5 Å². The summed E-state index contributed by atoms with van der Waals surface area (Å²) in [5.74, 6) is -3.10. The molecule has 8 N–H and O–H groups in total. The van der Waals surface area contributed by atoms with Gasteiger partial charge in [-0.3, -0.25) is 4.79 Å². The van der Waals surface area contributed by atoms with Crippen LogP contribution < -0.4 is 10.2 Å². The van der Waals surface area contributed by atoms with Gasteiger partial charge in [-0.05, 0) is 18.2 Å². The molecule has 1 aliphatic carbocycles. The molecule has 12 nitrogen and oxygen atoms in total. The van der Waals surface area contributed by atoms with E-state index in [0.29, 0.717) is 0 Å². The number of benzene rings is 2. The first-order chi connectivity index (χ1) is 16.2. The maximum atomic E-state index is 11.9. The van der Waals surface area contributed by atoms with Gasteiger partial charge in [-0.15, -0.1) is 0 Å². The van der Waals surface area contributed by atoms with Gasteiger partial charge >= 0.3 is 0 Å². The Kier molecular flexibility index (Phi) is 5.44. The summed E-state index contributed by atoms with van der Waals surface area (Å²) in [6.07, 6.45) is -8.35. The molecule has 176 valence electrons. The highest BCUT2D eigenvalue weighted by atomic mass is 16.7. The summed E-state index contributed by atoms with van der Waals surface area (Å²) in [5, 5.41) is 74.4. The van der Waals surface area contributed by atoms with Crippen LogP contribution in [0.25, 0.3) is 22.6 Å². The fourth-order valence-corrected chi connectivity index (χ4v) is 3.50. The van der Waals surface area contributed by atoms with Gasteiger partial charge in [-0.2, -0.15) is 0 Å².